The predicted molar refractivity (Wildman–Crippen MR) is 83.7 cm³/mol. The van der Waals surface area contributed by atoms with Crippen LogP contribution in [0.1, 0.15) is 43.2 Å². The van der Waals surface area contributed by atoms with Gasteiger partial charge in [0.05, 0.1) is 18.8 Å². The fourth-order valence-corrected chi connectivity index (χ4v) is 2.58. The third-order valence-corrected chi connectivity index (χ3v) is 3.76. The van der Waals surface area contributed by atoms with Crippen molar-refractivity contribution in [2.24, 2.45) is 0 Å². The molecule has 1 amide bonds. The monoisotopic (exact) mass is 291 g/mol. The van der Waals surface area contributed by atoms with Gasteiger partial charge in [-0.1, -0.05) is 13.3 Å². The predicted octanol–water partition coefficient (Wildman–Crippen LogP) is 2.33. The Morgan fingerprint density at radius 1 is 1.48 bits per heavy atom. The van der Waals surface area contributed by atoms with E-state index in [1.807, 2.05) is 37.9 Å². The molecule has 1 fully saturated rings. The summed E-state index contributed by atoms with van der Waals surface area (Å²) in [6.07, 6.45) is 1.98. The molecule has 0 saturated carbocycles. The van der Waals surface area contributed by atoms with Gasteiger partial charge in [-0.15, -0.1) is 0 Å². The molecule has 5 heteroatoms. The summed E-state index contributed by atoms with van der Waals surface area (Å²) < 4.78 is 5.59. The zero-order chi connectivity index (χ0) is 15.4. The molecule has 1 aromatic rings. The van der Waals surface area contributed by atoms with Crippen molar-refractivity contribution in [1.82, 2.24) is 9.88 Å². The molecule has 0 aromatic carbocycles. The highest BCUT2D eigenvalue weighted by Crippen LogP contribution is 2.18. The number of aryl methyl sites for hydroxylation is 1. The summed E-state index contributed by atoms with van der Waals surface area (Å²) in [7, 11) is 1.83. The first-order chi connectivity index (χ1) is 10.0. The van der Waals surface area contributed by atoms with Crippen LogP contribution in [-0.4, -0.2) is 48.1 Å². The minimum absolute atomic E-state index is 0.0638. The first-order valence-corrected chi connectivity index (χ1v) is 7.66. The fourth-order valence-electron chi connectivity index (χ4n) is 2.58. The zero-order valence-electron chi connectivity index (χ0n) is 13.3. The number of ether oxygens (including phenoxy) is 1. The number of morpholine rings is 1. The molecule has 116 valence electrons. The molecular weight excluding hydrogens is 266 g/mol. The molecule has 2 unspecified atom stereocenters. The van der Waals surface area contributed by atoms with Crippen LogP contribution in [-0.2, 0) is 11.2 Å². The highest BCUT2D eigenvalue weighted by molar-refractivity contribution is 5.95. The fraction of sp³-hybridized carbons (Fsp3) is 0.625. The van der Waals surface area contributed by atoms with Gasteiger partial charge in [-0.2, -0.15) is 0 Å². The lowest BCUT2D eigenvalue weighted by Crippen LogP contribution is -2.50. The third-order valence-electron chi connectivity index (χ3n) is 3.76. The second-order valence-corrected chi connectivity index (χ2v) is 5.68. The quantitative estimate of drug-likeness (QED) is 0.925. The van der Waals surface area contributed by atoms with E-state index in [1.165, 1.54) is 0 Å². The van der Waals surface area contributed by atoms with Gasteiger partial charge >= 0.3 is 0 Å². The van der Waals surface area contributed by atoms with E-state index < -0.39 is 0 Å². The number of carbonyl (C=O) groups is 1. The smallest absolute Gasteiger partial charge is 0.254 e. The van der Waals surface area contributed by atoms with Gasteiger partial charge in [-0.3, -0.25) is 4.79 Å². The number of hydrogen-bond donors (Lipinski definition) is 1. The molecule has 1 N–H and O–H groups in total. The van der Waals surface area contributed by atoms with Crippen molar-refractivity contribution in [3.8, 4) is 0 Å². The van der Waals surface area contributed by atoms with E-state index in [1.54, 1.807) is 0 Å². The normalized spacial score (nSPS) is 22.2. The maximum Gasteiger partial charge on any atom is 0.254 e. The molecule has 0 radical (unpaired) electrons. The minimum atomic E-state index is 0.0638. The molecule has 1 aliphatic heterocycles. The van der Waals surface area contributed by atoms with Gasteiger partial charge in [0.25, 0.3) is 5.91 Å². The number of anilines is 1. The van der Waals surface area contributed by atoms with Gasteiger partial charge in [0, 0.05) is 24.8 Å². The standard InChI is InChI=1S/C16H25N3O2/c1-5-6-14-7-13(8-15(17-4)18-14)16(20)19-9-12(3)21-10-11(19)2/h7-8,11-12H,5-6,9-10H2,1-4H3,(H,17,18). The maximum absolute atomic E-state index is 12.8. The Balaban J connectivity index is 2.26. The lowest BCUT2D eigenvalue weighted by molar-refractivity contribution is -0.0387. The SMILES string of the molecule is CCCc1cc(C(=O)N2CC(C)OCC2C)cc(NC)n1. The molecule has 0 bridgehead atoms. The summed E-state index contributed by atoms with van der Waals surface area (Å²) in [6.45, 7) is 7.37. The third kappa shape index (κ3) is 3.73. The Bertz CT molecular complexity index is 504. The second kappa shape index (κ2) is 6.89. The van der Waals surface area contributed by atoms with E-state index in [2.05, 4.69) is 17.2 Å². The van der Waals surface area contributed by atoms with E-state index in [4.69, 9.17) is 4.74 Å². The van der Waals surface area contributed by atoms with Crippen LogP contribution in [0.25, 0.3) is 0 Å². The van der Waals surface area contributed by atoms with Crippen molar-refractivity contribution in [3.05, 3.63) is 23.4 Å². The second-order valence-electron chi connectivity index (χ2n) is 5.68. The number of nitrogens with one attached hydrogen (secondary N) is 1. The first-order valence-electron chi connectivity index (χ1n) is 7.66. The Morgan fingerprint density at radius 2 is 2.24 bits per heavy atom. The van der Waals surface area contributed by atoms with Gasteiger partial charge in [0.15, 0.2) is 0 Å². The molecule has 2 rings (SSSR count). The van der Waals surface area contributed by atoms with E-state index in [9.17, 15) is 4.79 Å². The molecule has 0 spiro atoms. The van der Waals surface area contributed by atoms with Crippen LogP contribution in [0.2, 0.25) is 0 Å². The number of carbonyl (C=O) groups excluding carboxylic acids is 1. The molecule has 1 aliphatic rings. The lowest BCUT2D eigenvalue weighted by Gasteiger charge is -2.37. The number of amides is 1. The number of nitrogens with zero attached hydrogens (tertiary/aromatic N) is 2. The minimum Gasteiger partial charge on any atom is -0.375 e. The topological polar surface area (TPSA) is 54.5 Å². The van der Waals surface area contributed by atoms with Crippen molar-refractivity contribution in [1.29, 1.82) is 0 Å². The van der Waals surface area contributed by atoms with Crippen LogP contribution in [0.4, 0.5) is 5.82 Å². The summed E-state index contributed by atoms with van der Waals surface area (Å²) >= 11 is 0. The zero-order valence-corrected chi connectivity index (χ0v) is 13.3. The van der Waals surface area contributed by atoms with Crippen LogP contribution in [0.3, 0.4) is 0 Å². The first kappa shape index (κ1) is 15.8. The van der Waals surface area contributed by atoms with Gasteiger partial charge in [-0.05, 0) is 32.4 Å². The summed E-state index contributed by atoms with van der Waals surface area (Å²) in [6, 6.07) is 3.85. The van der Waals surface area contributed by atoms with Gasteiger partial charge in [0.1, 0.15) is 5.82 Å². The number of hydrogen-bond acceptors (Lipinski definition) is 4. The van der Waals surface area contributed by atoms with Crippen molar-refractivity contribution in [2.45, 2.75) is 45.8 Å². The van der Waals surface area contributed by atoms with E-state index in [0.717, 1.165) is 24.4 Å². The van der Waals surface area contributed by atoms with Crippen LogP contribution < -0.4 is 5.32 Å². The molecule has 1 aromatic heterocycles. The lowest BCUT2D eigenvalue weighted by atomic mass is 10.1. The number of aromatic nitrogens is 1. The maximum atomic E-state index is 12.8. The number of pyridine rings is 1. The largest absolute Gasteiger partial charge is 0.375 e. The van der Waals surface area contributed by atoms with E-state index in [-0.39, 0.29) is 18.1 Å². The van der Waals surface area contributed by atoms with Crippen LogP contribution in [0.15, 0.2) is 12.1 Å². The summed E-state index contributed by atoms with van der Waals surface area (Å²) in [5.74, 6) is 0.812. The van der Waals surface area contributed by atoms with Crippen LogP contribution >= 0.6 is 0 Å². The molecule has 0 aliphatic carbocycles. The van der Waals surface area contributed by atoms with Crippen molar-refractivity contribution in [2.75, 3.05) is 25.5 Å². The summed E-state index contributed by atoms with van der Waals surface area (Å²) in [4.78, 5) is 19.2. The van der Waals surface area contributed by atoms with E-state index >= 15 is 0 Å². The van der Waals surface area contributed by atoms with Crippen LogP contribution in [0.5, 0.6) is 0 Å². The average Bonchev–Trinajstić information content (AvgIpc) is 2.49. The van der Waals surface area contributed by atoms with Gasteiger partial charge in [0.2, 0.25) is 0 Å². The van der Waals surface area contributed by atoms with Crippen molar-refractivity contribution < 1.29 is 9.53 Å². The highest BCUT2D eigenvalue weighted by Gasteiger charge is 2.28. The van der Waals surface area contributed by atoms with Crippen LogP contribution in [0, 0.1) is 0 Å². The summed E-state index contributed by atoms with van der Waals surface area (Å²) in [5.41, 5.74) is 1.67. The highest BCUT2D eigenvalue weighted by atomic mass is 16.5. The van der Waals surface area contributed by atoms with E-state index in [0.29, 0.717) is 18.7 Å². The van der Waals surface area contributed by atoms with Gasteiger partial charge < -0.3 is 15.0 Å². The van der Waals surface area contributed by atoms with Crippen molar-refractivity contribution in [3.63, 3.8) is 0 Å². The molecule has 1 saturated heterocycles. The Morgan fingerprint density at radius 3 is 2.90 bits per heavy atom. The van der Waals surface area contributed by atoms with Crippen molar-refractivity contribution >= 4 is 11.7 Å². The molecular formula is C16H25N3O2. The molecule has 5 nitrogen and oxygen atoms in total. The van der Waals surface area contributed by atoms with Gasteiger partial charge in [-0.25, -0.2) is 4.98 Å². The Kier molecular flexibility index (Phi) is 5.17. The average molecular weight is 291 g/mol. The molecule has 2 heterocycles. The Labute approximate surface area is 126 Å². The molecule has 21 heavy (non-hydrogen) atoms. The molecule has 2 atom stereocenters. The number of rotatable bonds is 4. The Hall–Kier alpha value is -1.62. The summed E-state index contributed by atoms with van der Waals surface area (Å²) in [5, 5.41) is 3.04.